The van der Waals surface area contributed by atoms with Gasteiger partial charge in [-0.1, -0.05) is 18.2 Å². The molecule has 0 spiro atoms. The first kappa shape index (κ1) is 19.3. The Morgan fingerprint density at radius 2 is 2.03 bits per heavy atom. The fourth-order valence-corrected chi connectivity index (χ4v) is 4.02. The molecule has 0 radical (unpaired) electrons. The van der Waals surface area contributed by atoms with Gasteiger partial charge in [0.15, 0.2) is 5.76 Å². The zero-order chi connectivity index (χ0) is 20.1. The van der Waals surface area contributed by atoms with Crippen molar-refractivity contribution in [2.45, 2.75) is 19.4 Å². The molecule has 1 amide bonds. The molecule has 0 aliphatic carbocycles. The molecule has 4 rings (SSSR count). The first-order chi connectivity index (χ1) is 14.3. The number of carbonyl (C=O) groups is 1. The first-order valence-electron chi connectivity index (χ1n) is 9.38. The molecule has 1 aromatic carbocycles. The minimum absolute atomic E-state index is 0.218. The maximum absolute atomic E-state index is 12.6. The van der Waals surface area contributed by atoms with E-state index in [1.54, 1.807) is 30.8 Å². The van der Waals surface area contributed by atoms with E-state index >= 15 is 0 Å². The molecule has 0 aliphatic rings. The van der Waals surface area contributed by atoms with E-state index in [1.807, 2.05) is 36.4 Å². The largest absolute Gasteiger partial charge is 0.451 e. The Hall–Kier alpha value is -3.03. The van der Waals surface area contributed by atoms with E-state index in [1.165, 1.54) is 0 Å². The van der Waals surface area contributed by atoms with E-state index < -0.39 is 0 Å². The molecule has 3 heterocycles. The molecule has 6 nitrogen and oxygen atoms in total. The second-order valence-electron chi connectivity index (χ2n) is 6.56. The Kier molecular flexibility index (Phi) is 5.97. The Morgan fingerprint density at radius 1 is 1.21 bits per heavy atom. The van der Waals surface area contributed by atoms with E-state index in [4.69, 9.17) is 9.15 Å². The number of hydrogen-bond acceptors (Lipinski definition) is 6. The molecule has 7 heteroatoms. The highest BCUT2D eigenvalue weighted by Gasteiger charge is 2.20. The molecule has 1 N–H and O–H groups in total. The normalized spacial score (nSPS) is 11.1. The predicted molar refractivity (Wildman–Crippen MR) is 113 cm³/mol. The van der Waals surface area contributed by atoms with Gasteiger partial charge < -0.3 is 14.5 Å². The van der Waals surface area contributed by atoms with Gasteiger partial charge in [-0.25, -0.2) is 4.98 Å². The number of amides is 1. The molecular formula is C22H21N3O3S. The summed E-state index contributed by atoms with van der Waals surface area (Å²) in [6.45, 7) is 0.878. The van der Waals surface area contributed by atoms with Crippen LogP contribution in [0.15, 0.2) is 58.6 Å². The van der Waals surface area contributed by atoms with Crippen LogP contribution in [-0.2, 0) is 17.8 Å². The average Bonchev–Trinajstić information content (AvgIpc) is 3.37. The number of benzene rings is 1. The molecule has 148 valence electrons. The molecule has 0 bridgehead atoms. The summed E-state index contributed by atoms with van der Waals surface area (Å²) in [6.07, 6.45) is 5.13. The van der Waals surface area contributed by atoms with E-state index in [0.717, 1.165) is 40.1 Å². The lowest BCUT2D eigenvalue weighted by Gasteiger charge is -2.04. The van der Waals surface area contributed by atoms with Crippen molar-refractivity contribution in [3.63, 3.8) is 0 Å². The predicted octanol–water partition coefficient (Wildman–Crippen LogP) is 4.46. The summed E-state index contributed by atoms with van der Waals surface area (Å²) >= 11 is 1.63. The monoisotopic (exact) mass is 407 g/mol. The standard InChI is InChI=1S/C22H21N3O3S/c1-27-13-17-16-5-2-3-6-19(16)28-21(17)22(26)24-10-4-7-20-25-18(14-29-20)15-8-11-23-12-9-15/h2-3,5-6,8-9,11-12,14H,4,7,10,13H2,1H3,(H,24,26). The highest BCUT2D eigenvalue weighted by Crippen LogP contribution is 2.26. The number of nitrogens with one attached hydrogen (secondary N) is 1. The summed E-state index contributed by atoms with van der Waals surface area (Å²) in [5.74, 6) is 0.104. The number of aryl methyl sites for hydroxylation is 1. The van der Waals surface area contributed by atoms with Crippen molar-refractivity contribution in [3.8, 4) is 11.3 Å². The second-order valence-corrected chi connectivity index (χ2v) is 7.50. The van der Waals surface area contributed by atoms with Gasteiger partial charge in [0.05, 0.1) is 17.3 Å². The molecule has 29 heavy (non-hydrogen) atoms. The fourth-order valence-electron chi connectivity index (χ4n) is 3.17. The number of hydrogen-bond donors (Lipinski definition) is 1. The first-order valence-corrected chi connectivity index (χ1v) is 10.3. The maximum atomic E-state index is 12.6. The van der Waals surface area contributed by atoms with Crippen LogP contribution in [0.4, 0.5) is 0 Å². The van der Waals surface area contributed by atoms with Crippen molar-refractivity contribution in [3.05, 3.63) is 70.5 Å². The van der Waals surface area contributed by atoms with Crippen LogP contribution >= 0.6 is 11.3 Å². The van der Waals surface area contributed by atoms with Gasteiger partial charge in [0.25, 0.3) is 5.91 Å². The van der Waals surface area contributed by atoms with Crippen LogP contribution in [0.1, 0.15) is 27.5 Å². The van der Waals surface area contributed by atoms with Crippen LogP contribution in [0.2, 0.25) is 0 Å². The van der Waals surface area contributed by atoms with Crippen molar-refractivity contribution in [1.82, 2.24) is 15.3 Å². The van der Waals surface area contributed by atoms with Gasteiger partial charge in [0, 0.05) is 54.4 Å². The summed E-state index contributed by atoms with van der Waals surface area (Å²) < 4.78 is 11.0. The number of aromatic nitrogens is 2. The lowest BCUT2D eigenvalue weighted by molar-refractivity contribution is 0.0921. The average molecular weight is 407 g/mol. The van der Waals surface area contributed by atoms with E-state index in [9.17, 15) is 4.79 Å². The number of methoxy groups -OCH3 is 1. The van der Waals surface area contributed by atoms with Gasteiger partial charge in [-0.2, -0.15) is 0 Å². The van der Waals surface area contributed by atoms with Crippen molar-refractivity contribution in [2.24, 2.45) is 0 Å². The second kappa shape index (κ2) is 8.98. The van der Waals surface area contributed by atoms with Crippen molar-refractivity contribution < 1.29 is 13.9 Å². The number of carbonyl (C=O) groups excluding carboxylic acids is 1. The molecule has 0 unspecified atom stereocenters. The zero-order valence-corrected chi connectivity index (χ0v) is 16.9. The summed E-state index contributed by atoms with van der Waals surface area (Å²) in [5.41, 5.74) is 3.49. The molecule has 0 saturated carbocycles. The van der Waals surface area contributed by atoms with Gasteiger partial charge in [0.2, 0.25) is 0 Å². The van der Waals surface area contributed by atoms with Crippen molar-refractivity contribution in [2.75, 3.05) is 13.7 Å². The van der Waals surface area contributed by atoms with Crippen LogP contribution in [-0.4, -0.2) is 29.5 Å². The number of ether oxygens (including phenoxy) is 1. The highest BCUT2D eigenvalue weighted by atomic mass is 32.1. The lowest BCUT2D eigenvalue weighted by atomic mass is 10.1. The summed E-state index contributed by atoms with van der Waals surface area (Å²) in [6, 6.07) is 11.5. The molecule has 0 fully saturated rings. The third-order valence-electron chi connectivity index (χ3n) is 4.57. The highest BCUT2D eigenvalue weighted by molar-refractivity contribution is 7.09. The van der Waals surface area contributed by atoms with Crippen LogP contribution in [0.25, 0.3) is 22.2 Å². The number of thiazole rings is 1. The number of furan rings is 1. The van der Waals surface area contributed by atoms with Crippen LogP contribution in [0, 0.1) is 0 Å². The minimum Gasteiger partial charge on any atom is -0.451 e. The number of fused-ring (bicyclic) bond motifs is 1. The van der Waals surface area contributed by atoms with Gasteiger partial charge in [-0.3, -0.25) is 9.78 Å². The number of para-hydroxylation sites is 1. The van der Waals surface area contributed by atoms with Crippen molar-refractivity contribution in [1.29, 1.82) is 0 Å². The minimum atomic E-state index is -0.218. The Morgan fingerprint density at radius 3 is 2.86 bits per heavy atom. The van der Waals surface area contributed by atoms with E-state index in [2.05, 4.69) is 20.7 Å². The summed E-state index contributed by atoms with van der Waals surface area (Å²) in [4.78, 5) is 21.3. The quantitative estimate of drug-likeness (QED) is 0.436. The fraction of sp³-hybridized carbons (Fsp3) is 0.227. The third-order valence-corrected chi connectivity index (χ3v) is 5.48. The molecular weight excluding hydrogens is 386 g/mol. The summed E-state index contributed by atoms with van der Waals surface area (Å²) in [7, 11) is 1.61. The zero-order valence-electron chi connectivity index (χ0n) is 16.1. The number of pyridine rings is 1. The molecule has 3 aromatic heterocycles. The lowest BCUT2D eigenvalue weighted by Crippen LogP contribution is -2.25. The van der Waals surface area contributed by atoms with Gasteiger partial charge in [0.1, 0.15) is 5.58 Å². The molecule has 0 atom stereocenters. The van der Waals surface area contributed by atoms with Crippen LogP contribution in [0.5, 0.6) is 0 Å². The Bertz CT molecular complexity index is 1100. The van der Waals surface area contributed by atoms with Gasteiger partial charge in [-0.05, 0) is 24.6 Å². The van der Waals surface area contributed by atoms with Gasteiger partial charge in [-0.15, -0.1) is 11.3 Å². The molecule has 0 aliphatic heterocycles. The van der Waals surface area contributed by atoms with Crippen LogP contribution in [0.3, 0.4) is 0 Å². The topological polar surface area (TPSA) is 77.2 Å². The Balaban J connectivity index is 1.34. The van der Waals surface area contributed by atoms with Crippen LogP contribution < -0.4 is 5.32 Å². The third kappa shape index (κ3) is 4.36. The number of nitrogens with zero attached hydrogens (tertiary/aromatic N) is 2. The molecule has 4 aromatic rings. The van der Waals surface area contributed by atoms with E-state index in [-0.39, 0.29) is 5.91 Å². The Labute approximate surface area is 172 Å². The van der Waals surface area contributed by atoms with Crippen molar-refractivity contribution >= 4 is 28.2 Å². The molecule has 0 saturated heterocycles. The SMILES string of the molecule is COCc1c(C(=O)NCCCc2nc(-c3ccncc3)cs2)oc2ccccc12. The maximum Gasteiger partial charge on any atom is 0.287 e. The smallest absolute Gasteiger partial charge is 0.287 e. The summed E-state index contributed by atoms with van der Waals surface area (Å²) in [5, 5.41) is 6.96. The number of rotatable bonds is 8. The van der Waals surface area contributed by atoms with Gasteiger partial charge >= 0.3 is 0 Å². The van der Waals surface area contributed by atoms with E-state index in [0.29, 0.717) is 24.5 Å².